The van der Waals surface area contributed by atoms with Crippen LogP contribution in [-0.4, -0.2) is 60.7 Å². The van der Waals surface area contributed by atoms with E-state index in [4.69, 9.17) is 33.0 Å². The summed E-state index contributed by atoms with van der Waals surface area (Å²) < 4.78 is 29.9. The second kappa shape index (κ2) is 15.6. The summed E-state index contributed by atoms with van der Waals surface area (Å²) in [6.07, 6.45) is 1.44. The number of hydrogen-bond acceptors (Lipinski definition) is 5. The third-order valence-electron chi connectivity index (χ3n) is 5.55. The SMILES string of the molecule is CCC(CS(=O)(=O)C(C)(C)C)N1C(=O)COCC1c1ccc(Cl)cc1.CCCO.Clc1ccccc1. The highest BCUT2D eigenvalue weighted by Gasteiger charge is 2.39. The van der Waals surface area contributed by atoms with Crippen LogP contribution in [0.4, 0.5) is 0 Å². The fourth-order valence-corrected chi connectivity index (χ4v) is 4.97. The van der Waals surface area contributed by atoms with Crippen LogP contribution in [0.2, 0.25) is 10.0 Å². The van der Waals surface area contributed by atoms with Gasteiger partial charge in [-0.2, -0.15) is 0 Å². The summed E-state index contributed by atoms with van der Waals surface area (Å²) in [4.78, 5) is 14.3. The van der Waals surface area contributed by atoms with Crippen molar-refractivity contribution in [2.75, 3.05) is 25.6 Å². The molecule has 202 valence electrons. The van der Waals surface area contributed by atoms with Crippen molar-refractivity contribution < 1.29 is 23.1 Å². The van der Waals surface area contributed by atoms with Gasteiger partial charge < -0.3 is 14.7 Å². The molecule has 2 aromatic rings. The van der Waals surface area contributed by atoms with Crippen molar-refractivity contribution in [2.24, 2.45) is 0 Å². The topological polar surface area (TPSA) is 83.9 Å². The molecule has 2 unspecified atom stereocenters. The first kappa shape index (κ1) is 32.4. The largest absolute Gasteiger partial charge is 0.396 e. The maximum atomic E-state index is 12.7. The van der Waals surface area contributed by atoms with Crippen molar-refractivity contribution in [3.8, 4) is 0 Å². The molecular weight excluding hydrogens is 521 g/mol. The zero-order valence-corrected chi connectivity index (χ0v) is 24.1. The smallest absolute Gasteiger partial charge is 0.249 e. The first-order chi connectivity index (χ1) is 16.9. The van der Waals surface area contributed by atoms with E-state index >= 15 is 0 Å². The van der Waals surface area contributed by atoms with E-state index in [1.54, 1.807) is 37.8 Å². The second-order valence-electron chi connectivity index (χ2n) is 9.36. The predicted octanol–water partition coefficient (Wildman–Crippen LogP) is 5.96. The van der Waals surface area contributed by atoms with Gasteiger partial charge in [-0.3, -0.25) is 4.79 Å². The monoisotopic (exact) mass is 559 g/mol. The molecular formula is C27H39Cl2NO5S. The maximum absolute atomic E-state index is 12.7. The van der Waals surface area contributed by atoms with Gasteiger partial charge in [0.1, 0.15) is 6.61 Å². The van der Waals surface area contributed by atoms with E-state index in [-0.39, 0.29) is 30.4 Å². The van der Waals surface area contributed by atoms with Crippen molar-refractivity contribution in [1.29, 1.82) is 0 Å². The van der Waals surface area contributed by atoms with E-state index in [0.717, 1.165) is 17.0 Å². The number of hydrogen-bond donors (Lipinski definition) is 1. The summed E-state index contributed by atoms with van der Waals surface area (Å²) >= 11 is 11.5. The molecule has 0 bridgehead atoms. The lowest BCUT2D eigenvalue weighted by molar-refractivity contribution is -0.151. The number of amides is 1. The average Bonchev–Trinajstić information content (AvgIpc) is 2.83. The first-order valence-electron chi connectivity index (χ1n) is 12.1. The summed E-state index contributed by atoms with van der Waals surface area (Å²) in [5, 5.41) is 9.28. The number of morpholine rings is 1. The number of nitrogens with zero attached hydrogens (tertiary/aromatic N) is 1. The molecule has 0 aromatic heterocycles. The molecule has 0 saturated carbocycles. The zero-order valence-electron chi connectivity index (χ0n) is 21.8. The van der Waals surface area contributed by atoms with Gasteiger partial charge in [-0.15, -0.1) is 0 Å². The first-order valence-corrected chi connectivity index (χ1v) is 14.5. The van der Waals surface area contributed by atoms with Crippen molar-refractivity contribution in [3.63, 3.8) is 0 Å². The number of aliphatic hydroxyl groups excluding tert-OH is 1. The molecule has 0 spiro atoms. The molecule has 1 saturated heterocycles. The lowest BCUT2D eigenvalue weighted by atomic mass is 10.0. The minimum atomic E-state index is -3.35. The van der Waals surface area contributed by atoms with Gasteiger partial charge in [-0.1, -0.05) is 67.4 Å². The molecule has 1 amide bonds. The number of carbonyl (C=O) groups excluding carboxylic acids is 1. The van der Waals surface area contributed by atoms with Gasteiger partial charge in [-0.25, -0.2) is 8.42 Å². The Morgan fingerprint density at radius 1 is 1.03 bits per heavy atom. The summed E-state index contributed by atoms with van der Waals surface area (Å²) in [7, 11) is -3.35. The third kappa shape index (κ3) is 10.4. The van der Waals surface area contributed by atoms with Crippen molar-refractivity contribution in [2.45, 2.75) is 64.3 Å². The Labute approximate surface area is 226 Å². The Balaban J connectivity index is 0.000000486. The Bertz CT molecular complexity index is 1010. The van der Waals surface area contributed by atoms with E-state index in [2.05, 4.69) is 0 Å². The zero-order chi connectivity index (χ0) is 27.4. The van der Waals surface area contributed by atoms with Crippen LogP contribution < -0.4 is 0 Å². The van der Waals surface area contributed by atoms with Crippen molar-refractivity contribution >= 4 is 38.9 Å². The van der Waals surface area contributed by atoms with Crippen molar-refractivity contribution in [1.82, 2.24) is 4.90 Å². The van der Waals surface area contributed by atoms with Gasteiger partial charge in [0.2, 0.25) is 5.91 Å². The lowest BCUT2D eigenvalue weighted by Crippen LogP contribution is -2.52. The molecule has 9 heteroatoms. The lowest BCUT2D eigenvalue weighted by Gasteiger charge is -2.41. The standard InChI is InChI=1S/C18H26ClNO4S.C6H5Cl.C3H8O/c1-5-15(12-25(22,23)18(2,3)4)20-16(10-24-11-17(20)21)13-6-8-14(19)9-7-13;7-6-4-2-1-3-5-6;1-2-3-4/h6-9,15-16H,5,10-12H2,1-4H3;1-5H;4H,2-3H2,1H3. The minimum Gasteiger partial charge on any atom is -0.396 e. The molecule has 1 N–H and O–H groups in total. The van der Waals surface area contributed by atoms with Crippen LogP contribution in [0, 0.1) is 0 Å². The van der Waals surface area contributed by atoms with Crippen molar-refractivity contribution in [3.05, 3.63) is 70.2 Å². The van der Waals surface area contributed by atoms with Crippen LogP contribution in [0.3, 0.4) is 0 Å². The van der Waals surface area contributed by atoms with Crippen LogP contribution in [0.15, 0.2) is 54.6 Å². The molecule has 2 aromatic carbocycles. The van der Waals surface area contributed by atoms with E-state index in [9.17, 15) is 13.2 Å². The highest BCUT2D eigenvalue weighted by atomic mass is 35.5. The summed E-state index contributed by atoms with van der Waals surface area (Å²) in [6.45, 7) is 9.55. The summed E-state index contributed by atoms with van der Waals surface area (Å²) in [5.74, 6) is -0.231. The number of sulfone groups is 1. The van der Waals surface area contributed by atoms with Gasteiger partial charge in [0.05, 0.1) is 23.1 Å². The Morgan fingerprint density at radius 2 is 1.56 bits per heavy atom. The van der Waals surface area contributed by atoms with Crippen LogP contribution in [0.5, 0.6) is 0 Å². The molecule has 3 rings (SSSR count). The van der Waals surface area contributed by atoms with Crippen LogP contribution >= 0.6 is 23.2 Å². The fourth-order valence-electron chi connectivity index (χ4n) is 3.30. The van der Waals surface area contributed by atoms with Gasteiger partial charge in [0.15, 0.2) is 9.84 Å². The van der Waals surface area contributed by atoms with E-state index in [0.29, 0.717) is 24.7 Å². The normalized spacial score (nSPS) is 16.8. The molecule has 1 aliphatic heterocycles. The molecule has 36 heavy (non-hydrogen) atoms. The number of carbonyl (C=O) groups is 1. The summed E-state index contributed by atoms with van der Waals surface area (Å²) in [6, 6.07) is 16.0. The van der Waals surface area contributed by atoms with Gasteiger partial charge >= 0.3 is 0 Å². The maximum Gasteiger partial charge on any atom is 0.249 e. The van der Waals surface area contributed by atoms with Crippen LogP contribution in [0.1, 0.15) is 59.1 Å². The van der Waals surface area contributed by atoms with Crippen LogP contribution in [0.25, 0.3) is 0 Å². The predicted molar refractivity (Wildman–Crippen MR) is 148 cm³/mol. The molecule has 1 fully saturated rings. The number of aliphatic hydroxyl groups is 1. The molecule has 0 radical (unpaired) electrons. The molecule has 1 aliphatic rings. The third-order valence-corrected chi connectivity index (χ3v) is 8.74. The Kier molecular flexibility index (Phi) is 14.0. The molecule has 6 nitrogen and oxygen atoms in total. The Morgan fingerprint density at radius 3 is 1.97 bits per heavy atom. The van der Waals surface area contributed by atoms with E-state index < -0.39 is 14.6 Å². The second-order valence-corrected chi connectivity index (χ2v) is 13.0. The van der Waals surface area contributed by atoms with E-state index in [1.165, 1.54) is 0 Å². The quantitative estimate of drug-likeness (QED) is 0.471. The minimum absolute atomic E-state index is 0.0177. The van der Waals surface area contributed by atoms with Crippen LogP contribution in [-0.2, 0) is 19.4 Å². The highest BCUT2D eigenvalue weighted by molar-refractivity contribution is 7.92. The highest BCUT2D eigenvalue weighted by Crippen LogP contribution is 2.30. The van der Waals surface area contributed by atoms with Gasteiger partial charge in [0, 0.05) is 22.7 Å². The number of benzene rings is 2. The number of ether oxygens (including phenoxy) is 1. The van der Waals surface area contributed by atoms with Gasteiger partial charge in [0.25, 0.3) is 0 Å². The van der Waals surface area contributed by atoms with Gasteiger partial charge in [-0.05, 0) is 63.4 Å². The molecule has 1 heterocycles. The molecule has 0 aliphatic carbocycles. The van der Waals surface area contributed by atoms with E-state index in [1.807, 2.05) is 56.3 Å². The Hall–Kier alpha value is -1.64. The number of halogens is 2. The molecule has 2 atom stereocenters. The average molecular weight is 561 g/mol. The fraction of sp³-hybridized carbons (Fsp3) is 0.519. The summed E-state index contributed by atoms with van der Waals surface area (Å²) in [5.41, 5.74) is 0.893. The number of rotatable bonds is 6.